The Balaban J connectivity index is 4.36. The second-order valence-corrected chi connectivity index (χ2v) is 2.13. The number of nitrogens with zero attached hydrogens (tertiary/aromatic N) is 2. The van der Waals surface area contributed by atoms with Crippen LogP contribution in [0.4, 0.5) is 0 Å². The summed E-state index contributed by atoms with van der Waals surface area (Å²) in [7, 11) is 0. The molecule has 0 saturated heterocycles. The highest BCUT2D eigenvalue weighted by molar-refractivity contribution is 5.39. The van der Waals surface area contributed by atoms with E-state index in [0.717, 1.165) is 18.4 Å². The smallest absolute Gasteiger partial charge is 0.128 e. The molecule has 0 aromatic heterocycles. The fraction of sp³-hybridized carbons (Fsp3) is 0.500. The largest absolute Gasteiger partial charge is 0.192 e. The molecule has 0 saturated carbocycles. The van der Waals surface area contributed by atoms with Crippen molar-refractivity contribution < 1.29 is 0 Å². The zero-order valence-electron chi connectivity index (χ0n) is 6.31. The van der Waals surface area contributed by atoms with Crippen LogP contribution < -0.4 is 0 Å². The summed E-state index contributed by atoms with van der Waals surface area (Å²) in [6, 6.07) is 3.71. The van der Waals surface area contributed by atoms with Crippen molar-refractivity contribution in [3.05, 3.63) is 11.1 Å². The minimum atomic E-state index is 0.266. The summed E-state index contributed by atoms with van der Waals surface area (Å²) in [5, 5.41) is 16.8. The van der Waals surface area contributed by atoms with Gasteiger partial charge in [0.05, 0.1) is 0 Å². The fourth-order valence-electron chi connectivity index (χ4n) is 0.716. The number of allylic oxidation sites excluding steroid dienone is 2. The molecule has 0 heterocycles. The normalized spacial score (nSPS) is 7.60. The zero-order valence-corrected chi connectivity index (χ0v) is 6.31. The lowest BCUT2D eigenvalue weighted by Gasteiger charge is -1.94. The van der Waals surface area contributed by atoms with Crippen LogP contribution in [0.3, 0.4) is 0 Å². The maximum absolute atomic E-state index is 8.39. The summed E-state index contributed by atoms with van der Waals surface area (Å²) in [4.78, 5) is 0. The molecular formula is C8H10N2. The molecule has 0 aliphatic rings. The van der Waals surface area contributed by atoms with Gasteiger partial charge in [-0.05, 0) is 18.9 Å². The Labute approximate surface area is 61.4 Å². The lowest BCUT2D eigenvalue weighted by Crippen LogP contribution is -1.81. The molecule has 2 nitrogen and oxygen atoms in total. The molecule has 0 aromatic carbocycles. The van der Waals surface area contributed by atoms with Gasteiger partial charge in [0.2, 0.25) is 0 Å². The molecule has 0 fully saturated rings. The van der Waals surface area contributed by atoms with E-state index in [0.29, 0.717) is 0 Å². The van der Waals surface area contributed by atoms with E-state index in [-0.39, 0.29) is 5.57 Å². The minimum absolute atomic E-state index is 0.266. The average Bonchev–Trinajstić information content (AvgIpc) is 1.91. The second-order valence-electron chi connectivity index (χ2n) is 2.13. The average molecular weight is 134 g/mol. The van der Waals surface area contributed by atoms with Gasteiger partial charge in [-0.25, -0.2) is 0 Å². The van der Waals surface area contributed by atoms with Crippen molar-refractivity contribution in [2.24, 2.45) is 0 Å². The molecule has 0 N–H and O–H groups in total. The quantitative estimate of drug-likeness (QED) is 0.543. The summed E-state index contributed by atoms with van der Waals surface area (Å²) >= 11 is 0. The Kier molecular flexibility index (Phi) is 4.00. The Morgan fingerprint density at radius 2 is 1.80 bits per heavy atom. The van der Waals surface area contributed by atoms with Gasteiger partial charge in [-0.1, -0.05) is 13.3 Å². The molecule has 0 spiro atoms. The topological polar surface area (TPSA) is 47.6 Å². The van der Waals surface area contributed by atoms with Crippen LogP contribution >= 0.6 is 0 Å². The molecule has 52 valence electrons. The van der Waals surface area contributed by atoms with Crippen LogP contribution in [-0.2, 0) is 0 Å². The van der Waals surface area contributed by atoms with Gasteiger partial charge >= 0.3 is 0 Å². The van der Waals surface area contributed by atoms with Crippen LogP contribution in [0.15, 0.2) is 11.1 Å². The maximum atomic E-state index is 8.39. The molecule has 0 atom stereocenters. The van der Waals surface area contributed by atoms with Crippen molar-refractivity contribution in [1.82, 2.24) is 0 Å². The van der Waals surface area contributed by atoms with Gasteiger partial charge in [-0.15, -0.1) is 0 Å². The number of rotatable bonds is 2. The first-order chi connectivity index (χ1) is 4.76. The van der Waals surface area contributed by atoms with Crippen molar-refractivity contribution in [3.8, 4) is 12.1 Å². The SMILES string of the molecule is CCCC(C)=C(C#N)C#N. The third-order valence-electron chi connectivity index (χ3n) is 1.28. The molecule has 10 heavy (non-hydrogen) atoms. The fourth-order valence-corrected chi connectivity index (χ4v) is 0.716. The Bertz CT molecular complexity index is 196. The molecule has 0 aliphatic heterocycles. The standard InChI is InChI=1S/C8H10N2/c1-3-4-7(2)8(5-9)6-10/h3-4H2,1-2H3. The number of hydrogen-bond donors (Lipinski definition) is 0. The molecule has 2 heteroatoms. The highest BCUT2D eigenvalue weighted by atomic mass is 14.3. The van der Waals surface area contributed by atoms with Crippen LogP contribution in [-0.4, -0.2) is 0 Å². The van der Waals surface area contributed by atoms with Gasteiger partial charge < -0.3 is 0 Å². The third-order valence-corrected chi connectivity index (χ3v) is 1.28. The molecule has 0 aromatic rings. The van der Waals surface area contributed by atoms with Crippen LogP contribution in [0.25, 0.3) is 0 Å². The summed E-state index contributed by atoms with van der Waals surface area (Å²) < 4.78 is 0. The highest BCUT2D eigenvalue weighted by Gasteiger charge is 1.97. The number of nitriles is 2. The predicted octanol–water partition coefficient (Wildman–Crippen LogP) is 2.15. The van der Waals surface area contributed by atoms with E-state index >= 15 is 0 Å². The van der Waals surface area contributed by atoms with Crippen LogP contribution in [0.5, 0.6) is 0 Å². The molecular weight excluding hydrogens is 124 g/mol. The first-order valence-electron chi connectivity index (χ1n) is 3.26. The molecule has 0 unspecified atom stereocenters. The molecule has 0 amide bonds. The highest BCUT2D eigenvalue weighted by Crippen LogP contribution is 2.08. The van der Waals surface area contributed by atoms with Gasteiger partial charge in [0.1, 0.15) is 17.7 Å². The van der Waals surface area contributed by atoms with Gasteiger partial charge in [0.25, 0.3) is 0 Å². The lowest BCUT2D eigenvalue weighted by molar-refractivity contribution is 0.901. The van der Waals surface area contributed by atoms with Crippen molar-refractivity contribution in [3.63, 3.8) is 0 Å². The first-order valence-corrected chi connectivity index (χ1v) is 3.26. The first kappa shape index (κ1) is 8.72. The van der Waals surface area contributed by atoms with E-state index in [1.54, 1.807) is 0 Å². The monoisotopic (exact) mass is 134 g/mol. The van der Waals surface area contributed by atoms with E-state index in [2.05, 4.69) is 0 Å². The van der Waals surface area contributed by atoms with Crippen molar-refractivity contribution >= 4 is 0 Å². The third kappa shape index (κ3) is 2.33. The van der Waals surface area contributed by atoms with E-state index < -0.39 is 0 Å². The van der Waals surface area contributed by atoms with Crippen LogP contribution in [0.1, 0.15) is 26.7 Å². The predicted molar refractivity (Wildman–Crippen MR) is 38.8 cm³/mol. The van der Waals surface area contributed by atoms with E-state index in [9.17, 15) is 0 Å². The van der Waals surface area contributed by atoms with Gasteiger partial charge in [-0.2, -0.15) is 10.5 Å². The van der Waals surface area contributed by atoms with Crippen molar-refractivity contribution in [2.45, 2.75) is 26.7 Å². The summed E-state index contributed by atoms with van der Waals surface area (Å²) in [6.45, 7) is 3.85. The molecule has 0 radical (unpaired) electrons. The Morgan fingerprint density at radius 3 is 2.10 bits per heavy atom. The van der Waals surface area contributed by atoms with Crippen LogP contribution in [0.2, 0.25) is 0 Å². The van der Waals surface area contributed by atoms with Gasteiger partial charge in [-0.3, -0.25) is 0 Å². The second kappa shape index (κ2) is 4.58. The van der Waals surface area contributed by atoms with E-state index in [1.807, 2.05) is 26.0 Å². The molecule has 0 bridgehead atoms. The summed E-state index contributed by atoms with van der Waals surface area (Å²) in [6.07, 6.45) is 1.83. The lowest BCUT2D eigenvalue weighted by atomic mass is 10.1. The molecule has 0 rings (SSSR count). The van der Waals surface area contributed by atoms with Crippen molar-refractivity contribution in [1.29, 1.82) is 10.5 Å². The van der Waals surface area contributed by atoms with Crippen molar-refractivity contribution in [2.75, 3.05) is 0 Å². The minimum Gasteiger partial charge on any atom is -0.192 e. The van der Waals surface area contributed by atoms with Gasteiger partial charge in [0, 0.05) is 0 Å². The summed E-state index contributed by atoms with van der Waals surface area (Å²) in [5.41, 5.74) is 1.16. The van der Waals surface area contributed by atoms with E-state index in [4.69, 9.17) is 10.5 Å². The molecule has 0 aliphatic carbocycles. The maximum Gasteiger partial charge on any atom is 0.128 e. The Hall–Kier alpha value is -1.28. The zero-order chi connectivity index (χ0) is 7.98. The van der Waals surface area contributed by atoms with Gasteiger partial charge in [0.15, 0.2) is 0 Å². The van der Waals surface area contributed by atoms with Crippen LogP contribution in [0, 0.1) is 22.7 Å². The summed E-state index contributed by atoms with van der Waals surface area (Å²) in [5.74, 6) is 0. The Morgan fingerprint density at radius 1 is 1.30 bits per heavy atom. The number of hydrogen-bond acceptors (Lipinski definition) is 2. The van der Waals surface area contributed by atoms with E-state index in [1.165, 1.54) is 0 Å².